The maximum Gasteiger partial charge on any atom is 0.295 e. The summed E-state index contributed by atoms with van der Waals surface area (Å²) in [6.45, 7) is 1.65. The van der Waals surface area contributed by atoms with E-state index in [1.54, 1.807) is 24.3 Å². The molecule has 3 aliphatic heterocycles. The predicted octanol–water partition coefficient (Wildman–Crippen LogP) is 1.98. The zero-order valence-electron chi connectivity index (χ0n) is 17.6. The number of hydrogen-bond acceptors (Lipinski definition) is 7. The molecule has 6 rings (SSSR count). The second-order valence-corrected chi connectivity index (χ2v) is 8.74. The Kier molecular flexibility index (Phi) is 4.98. The molecule has 3 saturated heterocycles. The lowest BCUT2D eigenvalue weighted by molar-refractivity contribution is 0.00706. The number of fused-ring (bicyclic) bond motifs is 2. The van der Waals surface area contributed by atoms with Crippen molar-refractivity contribution in [1.82, 2.24) is 9.97 Å². The highest BCUT2D eigenvalue weighted by Crippen LogP contribution is 2.35. The number of aromatic nitrogens is 2. The molecule has 3 N–H and O–H groups in total. The van der Waals surface area contributed by atoms with Gasteiger partial charge in [0.05, 0.1) is 30.4 Å². The first kappa shape index (κ1) is 20.8. The van der Waals surface area contributed by atoms with Crippen molar-refractivity contribution >= 4 is 16.7 Å². The molecule has 1 aromatic heterocycles. The van der Waals surface area contributed by atoms with E-state index in [9.17, 15) is 14.6 Å². The zero-order valence-corrected chi connectivity index (χ0v) is 17.6. The quantitative estimate of drug-likeness (QED) is 0.549. The lowest BCUT2D eigenvalue weighted by atomic mass is 10.0. The molecule has 33 heavy (non-hydrogen) atoms. The van der Waals surface area contributed by atoms with E-state index in [0.29, 0.717) is 18.5 Å². The smallest absolute Gasteiger partial charge is 0.295 e. The molecule has 8 nitrogen and oxygen atoms in total. The molecule has 0 unspecified atom stereocenters. The first-order valence-corrected chi connectivity index (χ1v) is 11.0. The average Bonchev–Trinajstić information content (AvgIpc) is 3.56. The van der Waals surface area contributed by atoms with Crippen LogP contribution in [0.2, 0.25) is 0 Å². The molecule has 5 atom stereocenters. The van der Waals surface area contributed by atoms with E-state index in [4.69, 9.17) is 14.2 Å². The number of hydrogen-bond donors (Lipinski definition) is 3. The molecular weight excluding hydrogens is 436 g/mol. The van der Waals surface area contributed by atoms with E-state index in [-0.39, 0.29) is 41.9 Å². The van der Waals surface area contributed by atoms with Gasteiger partial charge in [-0.1, -0.05) is 12.1 Å². The van der Waals surface area contributed by atoms with Crippen LogP contribution in [0, 0.1) is 11.6 Å². The van der Waals surface area contributed by atoms with Gasteiger partial charge in [0.15, 0.2) is 11.9 Å². The Labute approximate surface area is 187 Å². The summed E-state index contributed by atoms with van der Waals surface area (Å²) in [5.74, 6) is -1.50. The summed E-state index contributed by atoms with van der Waals surface area (Å²) in [4.78, 5) is 9.04. The second kappa shape index (κ2) is 7.91. The Morgan fingerprint density at radius 2 is 1.88 bits per heavy atom. The number of benzene rings is 2. The van der Waals surface area contributed by atoms with E-state index in [0.717, 1.165) is 12.2 Å². The monoisotopic (exact) mass is 459 g/mol. The number of halogens is 2. The van der Waals surface area contributed by atoms with Gasteiger partial charge in [-0.25, -0.2) is 8.78 Å². The molecule has 0 saturated carbocycles. The summed E-state index contributed by atoms with van der Waals surface area (Å²) in [6.07, 6.45) is -1.80. The Balaban J connectivity index is 1.27. The van der Waals surface area contributed by atoms with Crippen molar-refractivity contribution in [3.63, 3.8) is 0 Å². The molecule has 0 radical (unpaired) electrons. The van der Waals surface area contributed by atoms with Crippen LogP contribution in [0.3, 0.4) is 0 Å². The minimum Gasteiger partial charge on any atom is -0.456 e. The van der Waals surface area contributed by atoms with E-state index in [1.807, 2.05) is 4.90 Å². The first-order chi connectivity index (χ1) is 16.0. The van der Waals surface area contributed by atoms with Crippen LogP contribution in [0.4, 0.5) is 14.5 Å². The molecule has 174 valence electrons. The number of ether oxygens (including phenoxy) is 3. The summed E-state index contributed by atoms with van der Waals surface area (Å²) in [7, 11) is 0. The van der Waals surface area contributed by atoms with Gasteiger partial charge in [-0.3, -0.25) is 0 Å². The van der Waals surface area contributed by atoms with Crippen LogP contribution in [-0.4, -0.2) is 77.0 Å². The van der Waals surface area contributed by atoms with Crippen molar-refractivity contribution in [2.45, 2.75) is 36.9 Å². The maximum atomic E-state index is 15.4. The molecular formula is C23H23F2N3O5. The fraction of sp³-hybridized carbons (Fsp3) is 0.435. The highest BCUT2D eigenvalue weighted by atomic mass is 19.1. The third kappa shape index (κ3) is 3.54. The minimum atomic E-state index is -0.784. The number of β-amino-alcohol motifs (C(OH)–C–C–N with tert-alkyl or cyclic N) is 1. The van der Waals surface area contributed by atoms with E-state index < -0.39 is 36.1 Å². The molecule has 0 aliphatic carbocycles. The van der Waals surface area contributed by atoms with Crippen molar-refractivity contribution in [2.24, 2.45) is 0 Å². The maximum absolute atomic E-state index is 15.4. The fourth-order valence-electron chi connectivity index (χ4n) is 4.88. The second-order valence-electron chi connectivity index (χ2n) is 8.74. The standard InChI is InChI=1S/C23H23F2N3O5/c24-14-7-15-20(27-23(26-15)33-17-10-32-21-16(30)9-31-22(17)21)19(25)18(14)11-1-3-12(4-2-11)28-6-5-13(29)8-28/h1-4,7,13,16-17,21-22,29-30H,5-6,8-10H2,(H,26,27)/t13-,16+,17+,21+,22+/m0/s1. The third-order valence-electron chi connectivity index (χ3n) is 6.58. The van der Waals surface area contributed by atoms with Gasteiger partial charge in [-0.05, 0) is 24.1 Å². The molecule has 2 aromatic carbocycles. The van der Waals surface area contributed by atoms with Gasteiger partial charge in [0.2, 0.25) is 0 Å². The van der Waals surface area contributed by atoms with Crippen LogP contribution in [0.15, 0.2) is 30.3 Å². The van der Waals surface area contributed by atoms with E-state index in [2.05, 4.69) is 9.97 Å². The SMILES string of the molecule is O[C@H]1CCN(c2ccc(-c3c(F)cc4[nH]c(O[C@@H]5CO[C@H]6[C@@H]5OC[C@H]6O)nc4c3F)cc2)C1. The van der Waals surface area contributed by atoms with Gasteiger partial charge in [-0.15, -0.1) is 0 Å². The largest absolute Gasteiger partial charge is 0.456 e. The Morgan fingerprint density at radius 3 is 2.64 bits per heavy atom. The Morgan fingerprint density at radius 1 is 1.09 bits per heavy atom. The predicted molar refractivity (Wildman–Crippen MR) is 114 cm³/mol. The van der Waals surface area contributed by atoms with Crippen molar-refractivity contribution in [3.8, 4) is 17.1 Å². The summed E-state index contributed by atoms with van der Waals surface area (Å²) >= 11 is 0. The average molecular weight is 459 g/mol. The number of anilines is 1. The number of aliphatic hydroxyl groups is 2. The third-order valence-corrected chi connectivity index (χ3v) is 6.58. The molecule has 3 fully saturated rings. The van der Waals surface area contributed by atoms with E-state index >= 15 is 4.39 Å². The van der Waals surface area contributed by atoms with Gasteiger partial charge in [-0.2, -0.15) is 4.98 Å². The molecule has 10 heteroatoms. The molecule has 4 heterocycles. The zero-order chi connectivity index (χ0) is 22.7. The van der Waals surface area contributed by atoms with Crippen LogP contribution >= 0.6 is 0 Å². The number of nitrogens with zero attached hydrogens (tertiary/aromatic N) is 2. The number of nitrogens with one attached hydrogen (secondary N) is 1. The molecule has 0 spiro atoms. The van der Waals surface area contributed by atoms with Crippen molar-refractivity contribution in [1.29, 1.82) is 0 Å². The van der Waals surface area contributed by atoms with Gasteiger partial charge in [0.25, 0.3) is 6.01 Å². The molecule has 0 amide bonds. The number of imidazole rings is 1. The summed E-state index contributed by atoms with van der Waals surface area (Å²) < 4.78 is 47.1. The fourth-order valence-corrected chi connectivity index (χ4v) is 4.88. The lowest BCUT2D eigenvalue weighted by Gasteiger charge is -2.18. The number of aliphatic hydroxyl groups excluding tert-OH is 2. The Bertz CT molecular complexity index is 1190. The molecule has 3 aliphatic rings. The van der Waals surface area contributed by atoms with Crippen molar-refractivity contribution < 1.29 is 33.2 Å². The highest BCUT2D eigenvalue weighted by molar-refractivity contribution is 5.84. The summed E-state index contributed by atoms with van der Waals surface area (Å²) in [6, 6.07) is 8.14. The molecule has 0 bridgehead atoms. The van der Waals surface area contributed by atoms with Crippen LogP contribution in [0.5, 0.6) is 6.01 Å². The summed E-state index contributed by atoms with van der Waals surface area (Å²) in [5.41, 5.74) is 1.26. The van der Waals surface area contributed by atoms with Crippen LogP contribution in [-0.2, 0) is 9.47 Å². The van der Waals surface area contributed by atoms with Crippen LogP contribution in [0.25, 0.3) is 22.2 Å². The van der Waals surface area contributed by atoms with Gasteiger partial charge in [0.1, 0.15) is 29.6 Å². The molecule has 3 aromatic rings. The van der Waals surface area contributed by atoms with E-state index in [1.165, 1.54) is 6.07 Å². The van der Waals surface area contributed by atoms with Crippen molar-refractivity contribution in [2.75, 3.05) is 31.2 Å². The normalized spacial score (nSPS) is 29.2. The van der Waals surface area contributed by atoms with Gasteiger partial charge < -0.3 is 34.3 Å². The number of rotatable bonds is 4. The lowest BCUT2D eigenvalue weighted by Crippen LogP contribution is -2.34. The van der Waals surface area contributed by atoms with Gasteiger partial charge >= 0.3 is 0 Å². The minimum absolute atomic E-state index is 0.0302. The van der Waals surface area contributed by atoms with Crippen molar-refractivity contribution in [3.05, 3.63) is 42.0 Å². The number of aromatic amines is 1. The highest BCUT2D eigenvalue weighted by Gasteiger charge is 2.48. The Hall–Kier alpha value is -2.79. The number of H-pyrrole nitrogens is 1. The van der Waals surface area contributed by atoms with Crippen LogP contribution in [0.1, 0.15) is 6.42 Å². The van der Waals surface area contributed by atoms with Crippen LogP contribution < -0.4 is 9.64 Å². The van der Waals surface area contributed by atoms with Gasteiger partial charge in [0, 0.05) is 24.8 Å². The summed E-state index contributed by atoms with van der Waals surface area (Å²) in [5, 5.41) is 19.6. The topological polar surface area (TPSA) is 100 Å². The first-order valence-electron chi connectivity index (χ1n) is 11.0.